The molecule has 1 rings (SSSR count). The molecule has 1 amide bonds. The predicted molar refractivity (Wildman–Crippen MR) is 68.9 cm³/mol. The van der Waals surface area contributed by atoms with Crippen LogP contribution in [-0.2, 0) is 11.8 Å². The molecule has 0 aliphatic rings. The van der Waals surface area contributed by atoms with Gasteiger partial charge in [0.05, 0.1) is 12.2 Å². The molecule has 5 heteroatoms. The summed E-state index contributed by atoms with van der Waals surface area (Å²) >= 11 is 0. The van der Waals surface area contributed by atoms with Crippen molar-refractivity contribution in [1.82, 2.24) is 9.47 Å². The number of aromatic nitrogens is 1. The van der Waals surface area contributed by atoms with Gasteiger partial charge in [-0.25, -0.2) is 4.79 Å². The van der Waals surface area contributed by atoms with E-state index in [0.717, 1.165) is 5.69 Å². The molecule has 0 aliphatic carbocycles. The highest BCUT2D eigenvalue weighted by Gasteiger charge is 2.26. The zero-order valence-electron chi connectivity index (χ0n) is 11.8. The molecule has 0 aromatic carbocycles. The summed E-state index contributed by atoms with van der Waals surface area (Å²) in [6.07, 6.45) is 0. The average molecular weight is 252 g/mol. The van der Waals surface area contributed by atoms with Gasteiger partial charge in [-0.3, -0.25) is 4.79 Å². The van der Waals surface area contributed by atoms with Crippen molar-refractivity contribution in [1.29, 1.82) is 0 Å². The topological polar surface area (TPSA) is 51.5 Å². The highest BCUT2D eigenvalue weighted by atomic mass is 16.5. The minimum Gasteiger partial charge on any atom is -0.461 e. The standard InChI is InChI=1S/C13H20N2O3/c1-7-18-13(17)11-8(2)10(9(3)15(11)6)12(16)14(4)5/h7H2,1-6H3. The van der Waals surface area contributed by atoms with Crippen LogP contribution >= 0.6 is 0 Å². The maximum absolute atomic E-state index is 12.1. The lowest BCUT2D eigenvalue weighted by molar-refractivity contribution is 0.0514. The molecule has 0 fully saturated rings. The van der Waals surface area contributed by atoms with Gasteiger partial charge in [0, 0.05) is 26.8 Å². The third-order valence-electron chi connectivity index (χ3n) is 3.02. The van der Waals surface area contributed by atoms with Crippen LogP contribution < -0.4 is 0 Å². The molecule has 1 aromatic heterocycles. The van der Waals surface area contributed by atoms with Gasteiger partial charge in [0.2, 0.25) is 0 Å². The van der Waals surface area contributed by atoms with Crippen LogP contribution in [0.1, 0.15) is 39.0 Å². The number of hydrogen-bond acceptors (Lipinski definition) is 3. The van der Waals surface area contributed by atoms with Gasteiger partial charge in [0.1, 0.15) is 5.69 Å². The van der Waals surface area contributed by atoms with Crippen molar-refractivity contribution >= 4 is 11.9 Å². The van der Waals surface area contributed by atoms with E-state index in [2.05, 4.69) is 0 Å². The molecule has 0 saturated carbocycles. The van der Waals surface area contributed by atoms with Gasteiger partial charge >= 0.3 is 5.97 Å². The van der Waals surface area contributed by atoms with E-state index in [4.69, 9.17) is 4.74 Å². The van der Waals surface area contributed by atoms with Gasteiger partial charge in [-0.2, -0.15) is 0 Å². The lowest BCUT2D eigenvalue weighted by atomic mass is 10.1. The molecule has 1 aromatic rings. The van der Waals surface area contributed by atoms with Crippen LogP contribution in [0.15, 0.2) is 0 Å². The Labute approximate surface area is 107 Å². The number of carbonyl (C=O) groups is 2. The summed E-state index contributed by atoms with van der Waals surface area (Å²) < 4.78 is 6.73. The molecule has 0 N–H and O–H groups in total. The van der Waals surface area contributed by atoms with Gasteiger partial charge < -0.3 is 14.2 Å². The Hall–Kier alpha value is -1.78. The molecule has 0 aliphatic heterocycles. The van der Waals surface area contributed by atoms with Crippen LogP contribution in [0.5, 0.6) is 0 Å². The number of nitrogens with zero attached hydrogens (tertiary/aromatic N) is 2. The molecule has 0 saturated heterocycles. The van der Waals surface area contributed by atoms with Crippen molar-refractivity contribution in [2.75, 3.05) is 20.7 Å². The van der Waals surface area contributed by atoms with Crippen molar-refractivity contribution in [2.45, 2.75) is 20.8 Å². The van der Waals surface area contributed by atoms with E-state index in [0.29, 0.717) is 23.4 Å². The van der Waals surface area contributed by atoms with E-state index < -0.39 is 5.97 Å². The Kier molecular flexibility index (Phi) is 4.16. The van der Waals surface area contributed by atoms with Crippen molar-refractivity contribution in [3.8, 4) is 0 Å². The van der Waals surface area contributed by atoms with Crippen LogP contribution in [0, 0.1) is 13.8 Å². The number of esters is 1. The second-order valence-electron chi connectivity index (χ2n) is 4.41. The number of hydrogen-bond donors (Lipinski definition) is 0. The quantitative estimate of drug-likeness (QED) is 0.766. The Morgan fingerprint density at radius 2 is 1.83 bits per heavy atom. The summed E-state index contributed by atoms with van der Waals surface area (Å²) in [4.78, 5) is 25.5. The second kappa shape index (κ2) is 5.25. The minimum absolute atomic E-state index is 0.101. The third kappa shape index (κ3) is 2.25. The zero-order chi connectivity index (χ0) is 14.0. The van der Waals surface area contributed by atoms with E-state index in [1.165, 1.54) is 4.90 Å². The van der Waals surface area contributed by atoms with Crippen LogP contribution in [0.25, 0.3) is 0 Å². The Morgan fingerprint density at radius 1 is 1.28 bits per heavy atom. The molecule has 0 atom stereocenters. The number of amides is 1. The van der Waals surface area contributed by atoms with E-state index >= 15 is 0 Å². The Morgan fingerprint density at radius 3 is 2.28 bits per heavy atom. The Balaban J connectivity index is 3.37. The maximum atomic E-state index is 12.1. The summed E-state index contributed by atoms with van der Waals surface area (Å²) in [5.74, 6) is -0.491. The normalized spacial score (nSPS) is 10.3. The van der Waals surface area contributed by atoms with Gasteiger partial charge in [0.25, 0.3) is 5.91 Å². The summed E-state index contributed by atoms with van der Waals surface area (Å²) in [5, 5.41) is 0. The van der Waals surface area contributed by atoms with E-state index in [1.807, 2.05) is 6.92 Å². The van der Waals surface area contributed by atoms with Gasteiger partial charge in [-0.1, -0.05) is 0 Å². The lowest BCUT2D eigenvalue weighted by Crippen LogP contribution is -2.23. The van der Waals surface area contributed by atoms with Gasteiger partial charge in [-0.05, 0) is 26.3 Å². The molecule has 100 valence electrons. The summed E-state index contributed by atoms with van der Waals surface area (Å²) in [6.45, 7) is 5.68. The van der Waals surface area contributed by atoms with Crippen LogP contribution in [0.3, 0.4) is 0 Å². The van der Waals surface area contributed by atoms with Crippen molar-refractivity contribution in [2.24, 2.45) is 7.05 Å². The first-order valence-corrected chi connectivity index (χ1v) is 5.87. The first-order valence-electron chi connectivity index (χ1n) is 5.87. The van der Waals surface area contributed by atoms with Crippen LogP contribution in [0.2, 0.25) is 0 Å². The highest BCUT2D eigenvalue weighted by Crippen LogP contribution is 2.22. The van der Waals surface area contributed by atoms with Crippen molar-refractivity contribution in [3.63, 3.8) is 0 Å². The van der Waals surface area contributed by atoms with Crippen molar-refractivity contribution < 1.29 is 14.3 Å². The highest BCUT2D eigenvalue weighted by molar-refractivity contribution is 6.01. The second-order valence-corrected chi connectivity index (χ2v) is 4.41. The fourth-order valence-corrected chi connectivity index (χ4v) is 2.00. The van der Waals surface area contributed by atoms with Crippen LogP contribution in [-0.4, -0.2) is 42.0 Å². The van der Waals surface area contributed by atoms with E-state index in [9.17, 15) is 9.59 Å². The fraction of sp³-hybridized carbons (Fsp3) is 0.538. The SMILES string of the molecule is CCOC(=O)c1c(C)c(C(=O)N(C)C)c(C)n1C. The van der Waals surface area contributed by atoms with E-state index in [1.54, 1.807) is 39.6 Å². The van der Waals surface area contributed by atoms with E-state index in [-0.39, 0.29) is 5.91 Å². The molecule has 0 unspecified atom stereocenters. The minimum atomic E-state index is -0.390. The molecular weight excluding hydrogens is 232 g/mol. The monoisotopic (exact) mass is 252 g/mol. The average Bonchev–Trinajstić information content (AvgIpc) is 2.50. The summed E-state index contributed by atoms with van der Waals surface area (Å²) in [7, 11) is 5.15. The summed E-state index contributed by atoms with van der Waals surface area (Å²) in [6, 6.07) is 0. The molecule has 1 heterocycles. The molecule has 0 bridgehead atoms. The smallest absolute Gasteiger partial charge is 0.355 e. The van der Waals surface area contributed by atoms with Crippen LogP contribution in [0.4, 0.5) is 0 Å². The third-order valence-corrected chi connectivity index (χ3v) is 3.02. The number of rotatable bonds is 3. The molecule has 0 spiro atoms. The molecular formula is C13H20N2O3. The maximum Gasteiger partial charge on any atom is 0.355 e. The largest absolute Gasteiger partial charge is 0.461 e. The lowest BCUT2D eigenvalue weighted by Gasteiger charge is -2.10. The molecule has 5 nitrogen and oxygen atoms in total. The van der Waals surface area contributed by atoms with Crippen molar-refractivity contribution in [3.05, 3.63) is 22.5 Å². The zero-order valence-corrected chi connectivity index (χ0v) is 11.8. The molecule has 0 radical (unpaired) electrons. The number of carbonyl (C=O) groups excluding carboxylic acids is 2. The van der Waals surface area contributed by atoms with Gasteiger partial charge in [0.15, 0.2) is 0 Å². The Bertz CT molecular complexity index is 487. The number of ether oxygens (including phenoxy) is 1. The molecule has 18 heavy (non-hydrogen) atoms. The fourth-order valence-electron chi connectivity index (χ4n) is 2.00. The van der Waals surface area contributed by atoms with Gasteiger partial charge in [-0.15, -0.1) is 0 Å². The summed E-state index contributed by atoms with van der Waals surface area (Å²) in [5.41, 5.74) is 2.46. The predicted octanol–water partition coefficient (Wildman–Crippen LogP) is 1.52. The first-order chi connectivity index (χ1) is 8.32. The first kappa shape index (κ1) is 14.3.